The van der Waals surface area contributed by atoms with Gasteiger partial charge in [0.25, 0.3) is 0 Å². The van der Waals surface area contributed by atoms with Crippen LogP contribution in [-0.4, -0.2) is 22.1 Å². The SMILES string of the molecule is CC(C)c1nnc(C(=O)NC2CCCC2)o1. The third-order valence-electron chi connectivity index (χ3n) is 2.82. The smallest absolute Gasteiger partial charge is 0.309 e. The third kappa shape index (κ3) is 2.40. The van der Waals surface area contributed by atoms with Crippen molar-refractivity contribution in [2.45, 2.75) is 51.5 Å². The van der Waals surface area contributed by atoms with E-state index in [0.29, 0.717) is 5.89 Å². The number of amides is 1. The van der Waals surface area contributed by atoms with E-state index in [1.54, 1.807) is 0 Å². The summed E-state index contributed by atoms with van der Waals surface area (Å²) in [7, 11) is 0. The van der Waals surface area contributed by atoms with E-state index in [2.05, 4.69) is 15.5 Å². The van der Waals surface area contributed by atoms with Crippen molar-refractivity contribution in [1.82, 2.24) is 15.5 Å². The molecule has 2 rings (SSSR count). The van der Waals surface area contributed by atoms with E-state index in [1.165, 1.54) is 12.8 Å². The zero-order chi connectivity index (χ0) is 11.5. The van der Waals surface area contributed by atoms with Crippen molar-refractivity contribution in [3.8, 4) is 0 Å². The van der Waals surface area contributed by atoms with Crippen LogP contribution >= 0.6 is 0 Å². The van der Waals surface area contributed by atoms with E-state index in [9.17, 15) is 4.79 Å². The summed E-state index contributed by atoms with van der Waals surface area (Å²) in [6.45, 7) is 3.90. The Kier molecular flexibility index (Phi) is 3.22. The van der Waals surface area contributed by atoms with Gasteiger partial charge in [-0.1, -0.05) is 26.7 Å². The fourth-order valence-corrected chi connectivity index (χ4v) is 1.88. The van der Waals surface area contributed by atoms with Crippen LogP contribution in [0.3, 0.4) is 0 Å². The van der Waals surface area contributed by atoms with Gasteiger partial charge < -0.3 is 9.73 Å². The molecule has 0 unspecified atom stereocenters. The molecule has 1 saturated carbocycles. The molecule has 16 heavy (non-hydrogen) atoms. The van der Waals surface area contributed by atoms with Crippen molar-refractivity contribution in [1.29, 1.82) is 0 Å². The van der Waals surface area contributed by atoms with E-state index < -0.39 is 0 Å². The average molecular weight is 223 g/mol. The summed E-state index contributed by atoms with van der Waals surface area (Å²) < 4.78 is 5.28. The van der Waals surface area contributed by atoms with Crippen molar-refractivity contribution in [2.75, 3.05) is 0 Å². The van der Waals surface area contributed by atoms with Crippen LogP contribution in [0.4, 0.5) is 0 Å². The number of aromatic nitrogens is 2. The highest BCUT2D eigenvalue weighted by molar-refractivity contribution is 5.89. The Hall–Kier alpha value is -1.39. The topological polar surface area (TPSA) is 68.0 Å². The van der Waals surface area contributed by atoms with Crippen molar-refractivity contribution in [3.05, 3.63) is 11.8 Å². The summed E-state index contributed by atoms with van der Waals surface area (Å²) >= 11 is 0. The molecule has 1 N–H and O–H groups in total. The first kappa shape index (κ1) is 11.1. The highest BCUT2D eigenvalue weighted by atomic mass is 16.4. The Morgan fingerprint density at radius 1 is 1.38 bits per heavy atom. The van der Waals surface area contributed by atoms with Gasteiger partial charge in [0.1, 0.15) is 0 Å². The Balaban J connectivity index is 1.97. The second-order valence-electron chi connectivity index (χ2n) is 4.55. The first-order valence-corrected chi connectivity index (χ1v) is 5.81. The summed E-state index contributed by atoms with van der Waals surface area (Å²) in [5.74, 6) is 0.499. The molecule has 0 radical (unpaired) electrons. The van der Waals surface area contributed by atoms with Crippen LogP contribution in [-0.2, 0) is 0 Å². The van der Waals surface area contributed by atoms with E-state index in [4.69, 9.17) is 4.42 Å². The zero-order valence-corrected chi connectivity index (χ0v) is 9.69. The average Bonchev–Trinajstić information content (AvgIpc) is 2.86. The number of hydrogen-bond acceptors (Lipinski definition) is 4. The fraction of sp³-hybridized carbons (Fsp3) is 0.727. The van der Waals surface area contributed by atoms with E-state index in [1.807, 2.05) is 13.8 Å². The number of nitrogens with one attached hydrogen (secondary N) is 1. The second-order valence-corrected chi connectivity index (χ2v) is 4.55. The van der Waals surface area contributed by atoms with Crippen LogP contribution in [0.2, 0.25) is 0 Å². The number of rotatable bonds is 3. The van der Waals surface area contributed by atoms with Gasteiger partial charge in [0.05, 0.1) is 0 Å². The molecule has 1 aromatic rings. The molecule has 1 amide bonds. The molecule has 1 heterocycles. The van der Waals surface area contributed by atoms with Crippen LogP contribution in [0, 0.1) is 0 Å². The number of carbonyl (C=O) groups excluding carboxylic acids is 1. The number of hydrogen-bond donors (Lipinski definition) is 1. The van der Waals surface area contributed by atoms with E-state index in [-0.39, 0.29) is 23.8 Å². The summed E-state index contributed by atoms with van der Waals surface area (Å²) in [5.41, 5.74) is 0. The number of carbonyl (C=O) groups is 1. The predicted molar refractivity (Wildman–Crippen MR) is 58.1 cm³/mol. The van der Waals surface area contributed by atoms with E-state index >= 15 is 0 Å². The summed E-state index contributed by atoms with van der Waals surface area (Å²) in [6, 6.07) is 0.280. The van der Waals surface area contributed by atoms with Gasteiger partial charge in [-0.15, -0.1) is 10.2 Å². The molecule has 0 aromatic carbocycles. The summed E-state index contributed by atoms with van der Waals surface area (Å²) in [5, 5.41) is 10.5. The molecule has 0 bridgehead atoms. The lowest BCUT2D eigenvalue weighted by Gasteiger charge is -2.08. The van der Waals surface area contributed by atoms with Gasteiger partial charge >= 0.3 is 11.8 Å². The summed E-state index contributed by atoms with van der Waals surface area (Å²) in [4.78, 5) is 11.7. The molecule has 5 heteroatoms. The van der Waals surface area contributed by atoms with Gasteiger partial charge in [0, 0.05) is 12.0 Å². The van der Waals surface area contributed by atoms with E-state index in [0.717, 1.165) is 12.8 Å². The maximum Gasteiger partial charge on any atom is 0.309 e. The largest absolute Gasteiger partial charge is 0.417 e. The van der Waals surface area contributed by atoms with Crippen LogP contribution in [0.5, 0.6) is 0 Å². The highest BCUT2D eigenvalue weighted by Crippen LogP contribution is 2.18. The Bertz CT molecular complexity index is 367. The van der Waals surface area contributed by atoms with Crippen molar-refractivity contribution in [2.24, 2.45) is 0 Å². The Labute approximate surface area is 94.6 Å². The summed E-state index contributed by atoms with van der Waals surface area (Å²) in [6.07, 6.45) is 4.48. The zero-order valence-electron chi connectivity index (χ0n) is 9.69. The Morgan fingerprint density at radius 3 is 2.62 bits per heavy atom. The molecule has 1 aliphatic carbocycles. The molecular weight excluding hydrogens is 206 g/mol. The fourth-order valence-electron chi connectivity index (χ4n) is 1.88. The van der Waals surface area contributed by atoms with Crippen LogP contribution in [0.25, 0.3) is 0 Å². The molecule has 1 aromatic heterocycles. The third-order valence-corrected chi connectivity index (χ3v) is 2.82. The lowest BCUT2D eigenvalue weighted by molar-refractivity contribution is 0.0900. The minimum absolute atomic E-state index is 0.0793. The minimum Gasteiger partial charge on any atom is -0.417 e. The molecule has 0 saturated heterocycles. The minimum atomic E-state index is -0.244. The van der Waals surface area contributed by atoms with Crippen LogP contribution in [0.15, 0.2) is 4.42 Å². The number of nitrogens with zero attached hydrogens (tertiary/aromatic N) is 2. The molecule has 1 fully saturated rings. The molecule has 0 spiro atoms. The first-order valence-electron chi connectivity index (χ1n) is 5.81. The molecule has 1 aliphatic rings. The van der Waals surface area contributed by atoms with Crippen molar-refractivity contribution < 1.29 is 9.21 Å². The second kappa shape index (κ2) is 4.63. The lowest BCUT2D eigenvalue weighted by Crippen LogP contribution is -2.32. The Morgan fingerprint density at radius 2 is 2.06 bits per heavy atom. The standard InChI is InChI=1S/C11H17N3O2/c1-7(2)10-13-14-11(16-10)9(15)12-8-5-3-4-6-8/h7-8H,3-6H2,1-2H3,(H,12,15). The molecule has 0 atom stereocenters. The maximum absolute atomic E-state index is 11.7. The predicted octanol–water partition coefficient (Wildman–Crippen LogP) is 1.87. The molecule has 88 valence electrons. The highest BCUT2D eigenvalue weighted by Gasteiger charge is 2.21. The maximum atomic E-state index is 11.7. The quantitative estimate of drug-likeness (QED) is 0.849. The lowest BCUT2D eigenvalue weighted by atomic mass is 10.2. The normalized spacial score (nSPS) is 16.9. The molecule has 5 nitrogen and oxygen atoms in total. The van der Waals surface area contributed by atoms with Crippen LogP contribution < -0.4 is 5.32 Å². The molecule has 0 aliphatic heterocycles. The van der Waals surface area contributed by atoms with Crippen LogP contribution in [0.1, 0.15) is 62.0 Å². The van der Waals surface area contributed by atoms with Gasteiger partial charge in [-0.3, -0.25) is 4.79 Å². The van der Waals surface area contributed by atoms with Gasteiger partial charge in [0.15, 0.2) is 0 Å². The monoisotopic (exact) mass is 223 g/mol. The van der Waals surface area contributed by atoms with Gasteiger partial charge in [-0.05, 0) is 12.8 Å². The molecular formula is C11H17N3O2. The van der Waals surface area contributed by atoms with Gasteiger partial charge in [0.2, 0.25) is 5.89 Å². The van der Waals surface area contributed by atoms with Crippen molar-refractivity contribution in [3.63, 3.8) is 0 Å². The van der Waals surface area contributed by atoms with Crippen molar-refractivity contribution >= 4 is 5.91 Å². The van der Waals surface area contributed by atoms with Gasteiger partial charge in [-0.25, -0.2) is 0 Å². The van der Waals surface area contributed by atoms with Gasteiger partial charge in [-0.2, -0.15) is 0 Å². The first-order chi connectivity index (χ1) is 7.66.